The van der Waals surface area contributed by atoms with E-state index in [9.17, 15) is 9.59 Å². The molecule has 1 aromatic heterocycles. The maximum atomic E-state index is 12.0. The molecular formula is C11H16N4O3S2. The van der Waals surface area contributed by atoms with Gasteiger partial charge in [0.1, 0.15) is 0 Å². The molecule has 1 fully saturated rings. The first kappa shape index (κ1) is 15.0. The molecule has 0 aromatic carbocycles. The van der Waals surface area contributed by atoms with Crippen molar-refractivity contribution in [2.45, 2.75) is 24.9 Å². The van der Waals surface area contributed by atoms with Crippen LogP contribution < -0.4 is 5.32 Å². The Bertz CT molecular complexity index is 494. The fourth-order valence-corrected chi connectivity index (χ4v) is 3.22. The summed E-state index contributed by atoms with van der Waals surface area (Å²) < 4.78 is 4.14. The van der Waals surface area contributed by atoms with E-state index < -0.39 is 11.9 Å². The van der Waals surface area contributed by atoms with Crippen LogP contribution in [0.1, 0.15) is 19.8 Å². The van der Waals surface area contributed by atoms with Gasteiger partial charge in [-0.3, -0.25) is 10.1 Å². The van der Waals surface area contributed by atoms with Gasteiger partial charge in [0.25, 0.3) is 0 Å². The van der Waals surface area contributed by atoms with E-state index in [0.29, 0.717) is 23.3 Å². The Morgan fingerprint density at radius 3 is 3.05 bits per heavy atom. The van der Waals surface area contributed by atoms with Gasteiger partial charge in [0, 0.05) is 30.4 Å². The highest BCUT2D eigenvalue weighted by Crippen LogP contribution is 2.22. The molecule has 2 amide bonds. The Balaban J connectivity index is 1.85. The van der Waals surface area contributed by atoms with Crippen molar-refractivity contribution in [3.63, 3.8) is 0 Å². The van der Waals surface area contributed by atoms with E-state index >= 15 is 0 Å². The summed E-state index contributed by atoms with van der Waals surface area (Å²) in [6, 6.07) is -0.308. The summed E-state index contributed by atoms with van der Waals surface area (Å²) in [5, 5.41) is 12.7. The smallest absolute Gasteiger partial charge is 0.323 e. The number of nitrogens with one attached hydrogen (secondary N) is 1. The molecule has 0 aliphatic carbocycles. The second-order valence-electron chi connectivity index (χ2n) is 4.43. The van der Waals surface area contributed by atoms with E-state index in [2.05, 4.69) is 21.6 Å². The molecular weight excluding hydrogens is 300 g/mol. The van der Waals surface area contributed by atoms with E-state index in [4.69, 9.17) is 5.11 Å². The molecule has 0 spiro atoms. The van der Waals surface area contributed by atoms with Crippen molar-refractivity contribution in [1.29, 1.82) is 0 Å². The fraction of sp³-hybridized carbons (Fsp3) is 0.636. The number of likely N-dealkylation sites (tertiary alicyclic amines) is 1. The van der Waals surface area contributed by atoms with Crippen molar-refractivity contribution in [3.05, 3.63) is 0 Å². The van der Waals surface area contributed by atoms with Crippen molar-refractivity contribution in [3.8, 4) is 0 Å². The predicted octanol–water partition coefficient (Wildman–Crippen LogP) is 1.98. The maximum absolute atomic E-state index is 12.0. The third-order valence-electron chi connectivity index (χ3n) is 2.88. The molecule has 2 heterocycles. The van der Waals surface area contributed by atoms with Gasteiger partial charge in [-0.2, -0.15) is 9.36 Å². The lowest BCUT2D eigenvalue weighted by Gasteiger charge is -2.14. The van der Waals surface area contributed by atoms with Crippen LogP contribution in [0.2, 0.25) is 0 Å². The number of hydrogen-bond donors (Lipinski definition) is 2. The third kappa shape index (κ3) is 3.83. The number of carboxylic acid groups (broad SMARTS) is 1. The van der Waals surface area contributed by atoms with Crippen molar-refractivity contribution in [1.82, 2.24) is 14.3 Å². The van der Waals surface area contributed by atoms with E-state index in [-0.39, 0.29) is 12.6 Å². The first-order valence-electron chi connectivity index (χ1n) is 6.35. The van der Waals surface area contributed by atoms with Crippen LogP contribution >= 0.6 is 23.3 Å². The Hall–Kier alpha value is -1.35. The van der Waals surface area contributed by atoms with Gasteiger partial charge in [-0.25, -0.2) is 4.79 Å². The van der Waals surface area contributed by atoms with Crippen LogP contribution in [0.25, 0.3) is 0 Å². The average molecular weight is 316 g/mol. The van der Waals surface area contributed by atoms with Gasteiger partial charge in [-0.1, -0.05) is 18.7 Å². The Kier molecular flexibility index (Phi) is 5.18. The first-order valence-corrected chi connectivity index (χ1v) is 8.11. The fourth-order valence-electron chi connectivity index (χ4n) is 1.83. The number of carbonyl (C=O) groups excluding carboxylic acids is 1. The first-order chi connectivity index (χ1) is 9.60. The number of urea groups is 1. The van der Waals surface area contributed by atoms with Crippen molar-refractivity contribution in [2.75, 3.05) is 24.2 Å². The minimum Gasteiger partial charge on any atom is -0.481 e. The number of aromatic nitrogens is 2. The molecule has 1 saturated heterocycles. The van der Waals surface area contributed by atoms with Gasteiger partial charge in [-0.15, -0.1) is 0 Å². The summed E-state index contributed by atoms with van der Waals surface area (Å²) in [5.74, 6) is -0.378. The standard InChI is InChI=1S/C11H16N4O3S2/c1-2-5-19-10-12-9(20-14-10)13-11(18)15-4-3-7(6-15)8(16)17/h7H,2-6H2,1H3,(H,16,17)(H,12,13,14,18). The number of thioether (sulfide) groups is 1. The molecule has 1 aliphatic rings. The largest absolute Gasteiger partial charge is 0.481 e. The zero-order chi connectivity index (χ0) is 14.5. The third-order valence-corrected chi connectivity index (χ3v) is 4.68. The van der Waals surface area contributed by atoms with Crippen LogP contribution in [0.4, 0.5) is 9.93 Å². The lowest BCUT2D eigenvalue weighted by atomic mass is 10.1. The average Bonchev–Trinajstić information content (AvgIpc) is 3.05. The number of carbonyl (C=O) groups is 2. The lowest BCUT2D eigenvalue weighted by Crippen LogP contribution is -2.33. The maximum Gasteiger partial charge on any atom is 0.323 e. The normalized spacial score (nSPS) is 18.2. The molecule has 1 atom stereocenters. The van der Waals surface area contributed by atoms with Gasteiger partial charge < -0.3 is 10.0 Å². The molecule has 7 nitrogen and oxygen atoms in total. The van der Waals surface area contributed by atoms with Gasteiger partial charge in [0.05, 0.1) is 5.92 Å². The van der Waals surface area contributed by atoms with Crippen LogP contribution in [-0.2, 0) is 4.79 Å². The zero-order valence-electron chi connectivity index (χ0n) is 11.0. The number of rotatable bonds is 5. The van der Waals surface area contributed by atoms with Crippen molar-refractivity contribution < 1.29 is 14.7 Å². The summed E-state index contributed by atoms with van der Waals surface area (Å²) in [7, 11) is 0. The monoisotopic (exact) mass is 316 g/mol. The molecule has 0 saturated carbocycles. The second kappa shape index (κ2) is 6.89. The lowest BCUT2D eigenvalue weighted by molar-refractivity contribution is -0.141. The molecule has 20 heavy (non-hydrogen) atoms. The van der Waals surface area contributed by atoms with Gasteiger partial charge in [0.2, 0.25) is 10.3 Å². The Labute approximate surface area is 124 Å². The predicted molar refractivity (Wildman–Crippen MR) is 77.3 cm³/mol. The Morgan fingerprint density at radius 1 is 1.60 bits per heavy atom. The van der Waals surface area contributed by atoms with Gasteiger partial charge >= 0.3 is 12.0 Å². The Morgan fingerprint density at radius 2 is 2.40 bits per heavy atom. The van der Waals surface area contributed by atoms with Crippen molar-refractivity contribution >= 4 is 40.4 Å². The highest BCUT2D eigenvalue weighted by atomic mass is 32.2. The number of amides is 2. The second-order valence-corrected chi connectivity index (χ2v) is 6.24. The van der Waals surface area contributed by atoms with E-state index in [1.807, 2.05) is 0 Å². The van der Waals surface area contributed by atoms with Crippen LogP contribution in [0, 0.1) is 5.92 Å². The summed E-state index contributed by atoms with van der Waals surface area (Å²) in [6.07, 6.45) is 1.53. The number of anilines is 1. The van der Waals surface area contributed by atoms with Crippen LogP contribution in [0.15, 0.2) is 5.16 Å². The van der Waals surface area contributed by atoms with E-state index in [1.165, 1.54) is 4.90 Å². The van der Waals surface area contributed by atoms with Gasteiger partial charge in [-0.05, 0) is 12.8 Å². The number of nitrogens with zero attached hydrogens (tertiary/aromatic N) is 3. The molecule has 1 unspecified atom stereocenters. The minimum absolute atomic E-state index is 0.247. The van der Waals surface area contributed by atoms with Gasteiger partial charge in [0.15, 0.2) is 0 Å². The van der Waals surface area contributed by atoms with Crippen molar-refractivity contribution in [2.24, 2.45) is 5.92 Å². The highest BCUT2D eigenvalue weighted by Gasteiger charge is 2.31. The van der Waals surface area contributed by atoms with E-state index in [1.54, 1.807) is 11.8 Å². The molecule has 110 valence electrons. The quantitative estimate of drug-likeness (QED) is 0.807. The summed E-state index contributed by atoms with van der Waals surface area (Å²) >= 11 is 2.69. The number of carboxylic acids is 1. The highest BCUT2D eigenvalue weighted by molar-refractivity contribution is 7.99. The van der Waals surface area contributed by atoms with Crippen LogP contribution in [0.3, 0.4) is 0 Å². The zero-order valence-corrected chi connectivity index (χ0v) is 12.7. The molecule has 0 radical (unpaired) electrons. The van der Waals surface area contributed by atoms with Crippen LogP contribution in [0.5, 0.6) is 0 Å². The molecule has 1 aliphatic heterocycles. The molecule has 0 bridgehead atoms. The summed E-state index contributed by atoms with van der Waals surface area (Å²) in [5.41, 5.74) is 0. The molecule has 2 N–H and O–H groups in total. The van der Waals surface area contributed by atoms with E-state index in [0.717, 1.165) is 23.7 Å². The SMILES string of the molecule is CCCSc1nsc(NC(=O)N2CCC(C(=O)O)C2)n1. The number of aliphatic carboxylic acids is 1. The van der Waals surface area contributed by atoms with Crippen LogP contribution in [-0.4, -0.2) is 50.2 Å². The summed E-state index contributed by atoms with van der Waals surface area (Å²) in [4.78, 5) is 28.5. The minimum atomic E-state index is -0.852. The molecule has 1 aromatic rings. The summed E-state index contributed by atoms with van der Waals surface area (Å²) in [6.45, 7) is 2.78. The number of hydrogen-bond acceptors (Lipinski definition) is 6. The topological polar surface area (TPSA) is 95.4 Å². The molecule has 2 rings (SSSR count). The molecule has 9 heteroatoms.